The largest absolute Gasteiger partial charge is 0.366 e. The second-order valence-electron chi connectivity index (χ2n) is 3.97. The van der Waals surface area contributed by atoms with E-state index in [0.29, 0.717) is 23.0 Å². The maximum atomic E-state index is 11.2. The summed E-state index contributed by atoms with van der Waals surface area (Å²) in [5.74, 6) is -0.487. The number of amides is 1. The fourth-order valence-electron chi connectivity index (χ4n) is 1.34. The van der Waals surface area contributed by atoms with Gasteiger partial charge < -0.3 is 16.0 Å². The van der Waals surface area contributed by atoms with Gasteiger partial charge in [-0.2, -0.15) is 0 Å². The second kappa shape index (κ2) is 6.54. The number of nitrogens with two attached hydrogens (primary N) is 1. The maximum Gasteiger partial charge on any atom is 0.250 e. The molecule has 0 aliphatic rings. The van der Waals surface area contributed by atoms with Crippen LogP contribution in [0.5, 0.6) is 0 Å². The molecule has 0 aliphatic carbocycles. The van der Waals surface area contributed by atoms with E-state index >= 15 is 0 Å². The van der Waals surface area contributed by atoms with Crippen LogP contribution in [0.25, 0.3) is 0 Å². The minimum absolute atomic E-state index is 0.361. The molecule has 0 spiro atoms. The van der Waals surface area contributed by atoms with Crippen LogP contribution in [0.2, 0.25) is 5.15 Å². The summed E-state index contributed by atoms with van der Waals surface area (Å²) in [4.78, 5) is 17.3. The van der Waals surface area contributed by atoms with E-state index in [2.05, 4.69) is 15.2 Å². The molecule has 1 amide bonds. The van der Waals surface area contributed by atoms with Gasteiger partial charge in [0.05, 0.1) is 11.3 Å². The van der Waals surface area contributed by atoms with Crippen LogP contribution in [-0.4, -0.2) is 43.0 Å². The number of carbonyl (C=O) groups excluding carboxylic acids is 1. The average Bonchev–Trinajstić information content (AvgIpc) is 2.23. The molecule has 0 saturated heterocycles. The van der Waals surface area contributed by atoms with Gasteiger partial charge in [0.15, 0.2) is 0 Å². The van der Waals surface area contributed by atoms with Crippen LogP contribution in [0.4, 0.5) is 0 Å². The lowest BCUT2D eigenvalue weighted by atomic mass is 10.2. The number of pyridine rings is 1. The van der Waals surface area contributed by atoms with Crippen molar-refractivity contribution in [3.05, 3.63) is 28.5 Å². The van der Waals surface area contributed by atoms with E-state index in [1.807, 2.05) is 14.1 Å². The lowest BCUT2D eigenvalue weighted by Gasteiger charge is -2.11. The van der Waals surface area contributed by atoms with Crippen molar-refractivity contribution in [2.45, 2.75) is 6.54 Å². The van der Waals surface area contributed by atoms with Gasteiger partial charge in [-0.3, -0.25) is 4.79 Å². The number of hydrogen-bond donors (Lipinski definition) is 2. The molecule has 0 saturated carbocycles. The number of hydrogen-bond acceptors (Lipinski definition) is 4. The van der Waals surface area contributed by atoms with Gasteiger partial charge in [0, 0.05) is 19.6 Å². The summed E-state index contributed by atoms with van der Waals surface area (Å²) in [7, 11) is 3.99. The van der Waals surface area contributed by atoms with Crippen LogP contribution in [0.1, 0.15) is 16.1 Å². The number of carbonyl (C=O) groups is 1. The number of likely N-dealkylation sites (N-methyl/N-ethyl adjacent to an activating group) is 1. The predicted molar refractivity (Wildman–Crippen MR) is 68.0 cm³/mol. The van der Waals surface area contributed by atoms with Gasteiger partial charge in [0.25, 0.3) is 5.91 Å². The van der Waals surface area contributed by atoms with Crippen molar-refractivity contribution in [2.75, 3.05) is 27.2 Å². The third-order valence-corrected chi connectivity index (χ3v) is 2.44. The Morgan fingerprint density at radius 1 is 1.53 bits per heavy atom. The fourth-order valence-corrected chi connectivity index (χ4v) is 1.51. The highest BCUT2D eigenvalue weighted by atomic mass is 35.5. The molecule has 1 heterocycles. The summed E-state index contributed by atoms with van der Waals surface area (Å²) in [6.07, 6.45) is 0. The molecule has 3 N–H and O–H groups in total. The molecule has 0 atom stereocenters. The molecular weight excluding hydrogens is 240 g/mol. The molecule has 5 nitrogen and oxygen atoms in total. The van der Waals surface area contributed by atoms with Crippen molar-refractivity contribution in [3.63, 3.8) is 0 Å². The van der Waals surface area contributed by atoms with Gasteiger partial charge in [-0.05, 0) is 26.2 Å². The summed E-state index contributed by atoms with van der Waals surface area (Å²) in [6, 6.07) is 3.16. The van der Waals surface area contributed by atoms with E-state index in [1.165, 1.54) is 0 Å². The van der Waals surface area contributed by atoms with Crippen LogP contribution >= 0.6 is 11.6 Å². The molecule has 17 heavy (non-hydrogen) atoms. The number of primary amides is 1. The van der Waals surface area contributed by atoms with E-state index in [-0.39, 0.29) is 0 Å². The van der Waals surface area contributed by atoms with E-state index in [0.717, 1.165) is 13.1 Å². The van der Waals surface area contributed by atoms with Crippen LogP contribution in [0.15, 0.2) is 12.1 Å². The molecule has 1 rings (SSSR count). The Morgan fingerprint density at radius 3 is 2.82 bits per heavy atom. The fraction of sp³-hybridized carbons (Fsp3) is 0.455. The summed E-state index contributed by atoms with van der Waals surface area (Å²) < 4.78 is 0. The Balaban J connectivity index is 2.62. The van der Waals surface area contributed by atoms with Gasteiger partial charge in [-0.1, -0.05) is 11.6 Å². The highest BCUT2D eigenvalue weighted by Gasteiger charge is 2.09. The third-order valence-electron chi connectivity index (χ3n) is 2.23. The molecular formula is C11H17ClN4O. The normalized spacial score (nSPS) is 10.8. The SMILES string of the molecule is CN(C)CCNCc1nc(Cl)ccc1C(N)=O. The lowest BCUT2D eigenvalue weighted by Crippen LogP contribution is -2.27. The summed E-state index contributed by atoms with van der Waals surface area (Å²) >= 11 is 5.79. The zero-order chi connectivity index (χ0) is 12.8. The Bertz CT molecular complexity index is 395. The van der Waals surface area contributed by atoms with Crippen LogP contribution < -0.4 is 11.1 Å². The van der Waals surface area contributed by atoms with Crippen molar-refractivity contribution >= 4 is 17.5 Å². The smallest absolute Gasteiger partial charge is 0.250 e. The van der Waals surface area contributed by atoms with Gasteiger partial charge in [0.2, 0.25) is 0 Å². The maximum absolute atomic E-state index is 11.2. The predicted octanol–water partition coefficient (Wildman–Crippen LogP) is 0.485. The first-order valence-corrected chi connectivity index (χ1v) is 5.69. The average molecular weight is 257 g/mol. The first-order valence-electron chi connectivity index (χ1n) is 5.31. The molecule has 0 aliphatic heterocycles. The quantitative estimate of drug-likeness (QED) is 0.574. The Kier molecular flexibility index (Phi) is 5.34. The number of halogens is 1. The molecule has 94 valence electrons. The van der Waals surface area contributed by atoms with Gasteiger partial charge in [-0.25, -0.2) is 4.98 Å². The first-order chi connectivity index (χ1) is 8.00. The molecule has 0 radical (unpaired) electrons. The highest BCUT2D eigenvalue weighted by Crippen LogP contribution is 2.11. The molecule has 0 aromatic carbocycles. The Labute approximate surface area is 106 Å². The number of rotatable bonds is 6. The summed E-state index contributed by atoms with van der Waals surface area (Å²) in [5.41, 5.74) is 6.25. The number of nitrogens with one attached hydrogen (secondary N) is 1. The molecule has 0 fully saturated rings. The van der Waals surface area contributed by atoms with Crippen molar-refractivity contribution in [3.8, 4) is 0 Å². The second-order valence-corrected chi connectivity index (χ2v) is 4.36. The van der Waals surface area contributed by atoms with Crippen molar-refractivity contribution < 1.29 is 4.79 Å². The van der Waals surface area contributed by atoms with E-state index in [9.17, 15) is 4.79 Å². The number of aromatic nitrogens is 1. The zero-order valence-corrected chi connectivity index (χ0v) is 10.8. The molecule has 6 heteroatoms. The first kappa shape index (κ1) is 13.9. The van der Waals surface area contributed by atoms with Gasteiger partial charge >= 0.3 is 0 Å². The third kappa shape index (κ3) is 4.68. The van der Waals surface area contributed by atoms with Crippen LogP contribution in [0, 0.1) is 0 Å². The summed E-state index contributed by atoms with van der Waals surface area (Å²) in [6.45, 7) is 2.19. The number of nitrogens with zero attached hydrogens (tertiary/aromatic N) is 2. The van der Waals surface area contributed by atoms with Crippen molar-refractivity contribution in [2.24, 2.45) is 5.73 Å². The molecule has 0 bridgehead atoms. The summed E-state index contributed by atoms with van der Waals surface area (Å²) in [5, 5.41) is 3.55. The standard InChI is InChI=1S/C11H17ClN4O/c1-16(2)6-5-14-7-9-8(11(13)17)3-4-10(12)15-9/h3-4,14H,5-7H2,1-2H3,(H2,13,17). The monoisotopic (exact) mass is 256 g/mol. The van der Waals surface area contributed by atoms with E-state index in [4.69, 9.17) is 17.3 Å². The van der Waals surface area contributed by atoms with Crippen LogP contribution in [0.3, 0.4) is 0 Å². The highest BCUT2D eigenvalue weighted by molar-refractivity contribution is 6.29. The van der Waals surface area contributed by atoms with Crippen molar-refractivity contribution in [1.29, 1.82) is 0 Å². The topological polar surface area (TPSA) is 71.2 Å². The Hall–Kier alpha value is -1.17. The molecule has 1 aromatic rings. The minimum Gasteiger partial charge on any atom is -0.366 e. The zero-order valence-electron chi connectivity index (χ0n) is 10.0. The van der Waals surface area contributed by atoms with E-state index < -0.39 is 5.91 Å². The molecule has 1 aromatic heterocycles. The van der Waals surface area contributed by atoms with E-state index in [1.54, 1.807) is 12.1 Å². The Morgan fingerprint density at radius 2 is 2.24 bits per heavy atom. The van der Waals surface area contributed by atoms with Crippen molar-refractivity contribution in [1.82, 2.24) is 15.2 Å². The van der Waals surface area contributed by atoms with Gasteiger partial charge in [0.1, 0.15) is 5.15 Å². The van der Waals surface area contributed by atoms with Gasteiger partial charge in [-0.15, -0.1) is 0 Å². The van der Waals surface area contributed by atoms with Crippen LogP contribution in [-0.2, 0) is 6.54 Å². The lowest BCUT2D eigenvalue weighted by molar-refractivity contribution is 0.0999. The minimum atomic E-state index is -0.487. The molecule has 0 unspecified atom stereocenters.